The van der Waals surface area contributed by atoms with Gasteiger partial charge in [0.05, 0.1) is 13.3 Å². The Kier molecular flexibility index (Phi) is 4.62. The van der Waals surface area contributed by atoms with Gasteiger partial charge in [0, 0.05) is 23.5 Å². The number of nitrogens with zero attached hydrogens (tertiary/aromatic N) is 2. The van der Waals surface area contributed by atoms with Gasteiger partial charge in [-0.05, 0) is 32.4 Å². The first-order chi connectivity index (χ1) is 10.0. The molecule has 2 rings (SSSR count). The van der Waals surface area contributed by atoms with Gasteiger partial charge < -0.3 is 10.1 Å². The Morgan fingerprint density at radius 1 is 1.33 bits per heavy atom. The summed E-state index contributed by atoms with van der Waals surface area (Å²) >= 11 is 0. The number of hydrogen-bond donors (Lipinski definition) is 1. The quantitative estimate of drug-likeness (QED) is 0.859. The number of para-hydroxylation sites is 1. The van der Waals surface area contributed by atoms with E-state index in [-0.39, 0.29) is 12.0 Å². The fourth-order valence-corrected chi connectivity index (χ4v) is 2.07. The second-order valence-corrected chi connectivity index (χ2v) is 5.26. The zero-order valence-corrected chi connectivity index (χ0v) is 12.8. The van der Waals surface area contributed by atoms with E-state index in [2.05, 4.69) is 10.4 Å². The van der Waals surface area contributed by atoms with Gasteiger partial charge in [-0.1, -0.05) is 18.2 Å². The molecule has 1 heterocycles. The molecule has 0 saturated carbocycles. The molecular formula is C16H21N3O2. The topological polar surface area (TPSA) is 56.1 Å². The Morgan fingerprint density at radius 3 is 2.62 bits per heavy atom. The van der Waals surface area contributed by atoms with Gasteiger partial charge >= 0.3 is 5.97 Å². The summed E-state index contributed by atoms with van der Waals surface area (Å²) < 4.78 is 6.73. The molecule has 1 aromatic carbocycles. The van der Waals surface area contributed by atoms with Crippen molar-refractivity contribution in [2.75, 3.05) is 12.4 Å². The van der Waals surface area contributed by atoms with E-state index >= 15 is 0 Å². The Morgan fingerprint density at radius 2 is 2.05 bits per heavy atom. The summed E-state index contributed by atoms with van der Waals surface area (Å²) in [5.74, 6) is -0.332. The molecule has 5 nitrogen and oxygen atoms in total. The third-order valence-electron chi connectivity index (χ3n) is 3.37. The first-order valence-corrected chi connectivity index (χ1v) is 6.97. The second kappa shape index (κ2) is 6.43. The van der Waals surface area contributed by atoms with Crippen LogP contribution in [0.2, 0.25) is 0 Å². The number of aryl methyl sites for hydroxylation is 1. The molecule has 1 N–H and O–H groups in total. The summed E-state index contributed by atoms with van der Waals surface area (Å²) in [7, 11) is 1.39. The maximum Gasteiger partial charge on any atom is 0.333 e. The molecule has 0 spiro atoms. The molecule has 0 amide bonds. The number of ether oxygens (including phenoxy) is 1. The minimum atomic E-state index is -0.566. The van der Waals surface area contributed by atoms with Crippen LogP contribution >= 0.6 is 0 Å². The van der Waals surface area contributed by atoms with E-state index in [4.69, 9.17) is 4.74 Å². The van der Waals surface area contributed by atoms with Crippen molar-refractivity contribution >= 4 is 11.7 Å². The van der Waals surface area contributed by atoms with Crippen LogP contribution in [0.3, 0.4) is 0 Å². The molecule has 1 atom stereocenters. The maximum atomic E-state index is 12.1. The highest BCUT2D eigenvalue weighted by Crippen LogP contribution is 2.23. The number of methoxy groups -OCH3 is 1. The minimum absolute atomic E-state index is 0.246. The number of benzene rings is 1. The molecule has 0 bridgehead atoms. The number of esters is 1. The Bertz CT molecular complexity index is 619. The standard InChI is InChI=1S/C16H21N3O2/c1-11(2)19-10-13(9-17-19)15(16(20)21-4)18-14-8-6-5-7-12(14)3/h5-11,15,18H,1-4H3. The maximum absolute atomic E-state index is 12.1. The van der Waals surface area contributed by atoms with Crippen LogP contribution in [0.15, 0.2) is 36.7 Å². The number of carbonyl (C=O) groups is 1. The van der Waals surface area contributed by atoms with Gasteiger partial charge in [-0.15, -0.1) is 0 Å². The smallest absolute Gasteiger partial charge is 0.333 e. The van der Waals surface area contributed by atoms with Gasteiger partial charge in [0.1, 0.15) is 0 Å². The lowest BCUT2D eigenvalue weighted by atomic mass is 10.1. The molecule has 0 aliphatic rings. The lowest BCUT2D eigenvalue weighted by Gasteiger charge is -2.18. The van der Waals surface area contributed by atoms with E-state index in [1.807, 2.05) is 55.9 Å². The Hall–Kier alpha value is -2.30. The minimum Gasteiger partial charge on any atom is -0.467 e. The predicted molar refractivity (Wildman–Crippen MR) is 82.2 cm³/mol. The van der Waals surface area contributed by atoms with Crippen molar-refractivity contribution in [2.24, 2.45) is 0 Å². The van der Waals surface area contributed by atoms with E-state index in [0.29, 0.717) is 0 Å². The van der Waals surface area contributed by atoms with Crippen molar-refractivity contribution < 1.29 is 9.53 Å². The zero-order valence-electron chi connectivity index (χ0n) is 12.8. The highest BCUT2D eigenvalue weighted by atomic mass is 16.5. The van der Waals surface area contributed by atoms with E-state index in [1.165, 1.54) is 7.11 Å². The van der Waals surface area contributed by atoms with E-state index in [1.54, 1.807) is 6.20 Å². The first-order valence-electron chi connectivity index (χ1n) is 6.97. The van der Waals surface area contributed by atoms with Crippen LogP contribution in [0.1, 0.15) is 37.1 Å². The third kappa shape index (κ3) is 3.42. The van der Waals surface area contributed by atoms with Crippen molar-refractivity contribution in [1.29, 1.82) is 0 Å². The summed E-state index contributed by atoms with van der Waals surface area (Å²) in [6, 6.07) is 7.51. The van der Waals surface area contributed by atoms with E-state index in [0.717, 1.165) is 16.8 Å². The molecule has 21 heavy (non-hydrogen) atoms. The third-order valence-corrected chi connectivity index (χ3v) is 3.37. The molecule has 1 aromatic heterocycles. The van der Waals surface area contributed by atoms with Crippen molar-refractivity contribution in [3.63, 3.8) is 0 Å². The molecule has 2 aromatic rings. The lowest BCUT2D eigenvalue weighted by molar-refractivity contribution is -0.141. The normalized spacial score (nSPS) is 12.2. The molecule has 112 valence electrons. The highest BCUT2D eigenvalue weighted by molar-refractivity contribution is 5.81. The van der Waals surface area contributed by atoms with Crippen LogP contribution in [0.5, 0.6) is 0 Å². The van der Waals surface area contributed by atoms with Crippen LogP contribution in [0, 0.1) is 6.92 Å². The number of anilines is 1. The predicted octanol–water partition coefficient (Wildman–Crippen LogP) is 3.10. The van der Waals surface area contributed by atoms with Crippen molar-refractivity contribution in [2.45, 2.75) is 32.9 Å². The summed E-state index contributed by atoms with van der Waals surface area (Å²) in [6.45, 7) is 6.08. The molecule has 0 radical (unpaired) electrons. The summed E-state index contributed by atoms with van der Waals surface area (Å²) in [5, 5.41) is 7.52. The van der Waals surface area contributed by atoms with Gasteiger partial charge in [0.15, 0.2) is 6.04 Å². The van der Waals surface area contributed by atoms with Crippen molar-refractivity contribution in [1.82, 2.24) is 9.78 Å². The first kappa shape index (κ1) is 15.1. The molecule has 0 aliphatic carbocycles. The molecule has 0 aliphatic heterocycles. The summed E-state index contributed by atoms with van der Waals surface area (Å²) in [6.07, 6.45) is 3.57. The van der Waals surface area contributed by atoms with Gasteiger partial charge in [0.2, 0.25) is 0 Å². The molecule has 0 fully saturated rings. The van der Waals surface area contributed by atoms with Crippen LogP contribution in [0.4, 0.5) is 5.69 Å². The Balaban J connectivity index is 2.30. The van der Waals surface area contributed by atoms with Crippen LogP contribution in [0.25, 0.3) is 0 Å². The largest absolute Gasteiger partial charge is 0.467 e. The number of nitrogens with one attached hydrogen (secondary N) is 1. The monoisotopic (exact) mass is 287 g/mol. The van der Waals surface area contributed by atoms with Crippen LogP contribution in [-0.4, -0.2) is 22.9 Å². The summed E-state index contributed by atoms with van der Waals surface area (Å²) in [5.41, 5.74) is 2.77. The lowest BCUT2D eigenvalue weighted by Crippen LogP contribution is -2.22. The number of hydrogen-bond acceptors (Lipinski definition) is 4. The number of rotatable bonds is 5. The van der Waals surface area contributed by atoms with E-state index in [9.17, 15) is 4.79 Å². The zero-order chi connectivity index (χ0) is 15.4. The van der Waals surface area contributed by atoms with Gasteiger partial charge in [0.25, 0.3) is 0 Å². The molecule has 5 heteroatoms. The molecule has 0 saturated heterocycles. The molecular weight excluding hydrogens is 266 g/mol. The van der Waals surface area contributed by atoms with Crippen LogP contribution < -0.4 is 5.32 Å². The van der Waals surface area contributed by atoms with Crippen molar-refractivity contribution in [3.8, 4) is 0 Å². The SMILES string of the molecule is COC(=O)C(Nc1ccccc1C)c1cnn(C(C)C)c1. The van der Waals surface area contributed by atoms with Crippen LogP contribution in [-0.2, 0) is 9.53 Å². The second-order valence-electron chi connectivity index (χ2n) is 5.26. The fourth-order valence-electron chi connectivity index (χ4n) is 2.07. The number of aromatic nitrogens is 2. The highest BCUT2D eigenvalue weighted by Gasteiger charge is 2.23. The molecule has 1 unspecified atom stereocenters. The van der Waals surface area contributed by atoms with Gasteiger partial charge in [-0.2, -0.15) is 5.10 Å². The average Bonchev–Trinajstić information content (AvgIpc) is 2.95. The fraction of sp³-hybridized carbons (Fsp3) is 0.375. The average molecular weight is 287 g/mol. The number of carbonyl (C=O) groups excluding carboxylic acids is 1. The summed E-state index contributed by atoms with van der Waals surface area (Å²) in [4.78, 5) is 12.1. The van der Waals surface area contributed by atoms with Crippen molar-refractivity contribution in [3.05, 3.63) is 47.8 Å². The van der Waals surface area contributed by atoms with E-state index < -0.39 is 6.04 Å². The Labute approximate surface area is 124 Å². The van der Waals surface area contributed by atoms with Gasteiger partial charge in [-0.25, -0.2) is 4.79 Å². The van der Waals surface area contributed by atoms with Gasteiger partial charge in [-0.3, -0.25) is 4.68 Å².